The molecule has 2 fully saturated rings. The molecule has 11 heteroatoms. The van der Waals surface area contributed by atoms with Gasteiger partial charge in [0.25, 0.3) is 5.91 Å². The number of rotatable bonds is 6. The molecule has 0 radical (unpaired) electrons. The van der Waals surface area contributed by atoms with Gasteiger partial charge < -0.3 is 14.5 Å². The number of hydrogen-bond donors (Lipinski definition) is 1. The normalized spacial score (nSPS) is 19.4. The van der Waals surface area contributed by atoms with Crippen molar-refractivity contribution < 1.29 is 22.7 Å². The number of piperidine rings is 1. The van der Waals surface area contributed by atoms with Crippen molar-refractivity contribution in [1.82, 2.24) is 24.3 Å². The summed E-state index contributed by atoms with van der Waals surface area (Å²) < 4.78 is 33.2. The minimum absolute atomic E-state index is 0.0616. The maximum atomic E-state index is 13.3. The highest BCUT2D eigenvalue weighted by molar-refractivity contribution is 7.92. The number of benzene rings is 1. The lowest BCUT2D eigenvalue weighted by atomic mass is 9.91. The number of carbonyl (C=O) groups is 2. The molecule has 2 aromatic rings. The fourth-order valence-corrected chi connectivity index (χ4v) is 5.63. The van der Waals surface area contributed by atoms with Gasteiger partial charge in [0.2, 0.25) is 10.0 Å². The number of likely N-dealkylation sites (tertiary alicyclic amines) is 2. The molecule has 1 N–H and O–H groups in total. The van der Waals surface area contributed by atoms with Crippen LogP contribution < -0.4 is 4.72 Å². The lowest BCUT2D eigenvalue weighted by Crippen LogP contribution is -2.41. The van der Waals surface area contributed by atoms with Crippen molar-refractivity contribution in [2.75, 3.05) is 32.7 Å². The molecule has 10 nitrogen and oxygen atoms in total. The van der Waals surface area contributed by atoms with Gasteiger partial charge in [0.15, 0.2) is 0 Å². The summed E-state index contributed by atoms with van der Waals surface area (Å²) in [6, 6.07) is 5.68. The van der Waals surface area contributed by atoms with Gasteiger partial charge in [-0.15, -0.1) is 0 Å². The standard InChI is InChI=1S/C26H37N5O5S/c1-6-37(34,35)27-16-18-9-12-31(17-18)24(32)20-7-8-22-21(15-20)23(28-29(22)5)19-10-13-30(14-11-19)25(33)36-26(2,3)4/h6-8,15,18-19,27H,1,9-14,16-17H2,2-5H3/t18-/m1/s1. The fraction of sp³-hybridized carbons (Fsp3) is 0.577. The van der Waals surface area contributed by atoms with Gasteiger partial charge in [-0.1, -0.05) is 6.58 Å². The SMILES string of the molecule is C=CS(=O)(=O)NC[C@H]1CCN(C(=O)c2ccc3c(c2)c(C2CCN(C(=O)OC(C)(C)C)CC2)nn3C)C1. The van der Waals surface area contributed by atoms with Crippen molar-refractivity contribution in [3.63, 3.8) is 0 Å². The van der Waals surface area contributed by atoms with E-state index in [0.717, 1.165) is 41.3 Å². The van der Waals surface area contributed by atoms with Crippen LogP contribution in [0.5, 0.6) is 0 Å². The van der Waals surface area contributed by atoms with Crippen LogP contribution in [0, 0.1) is 5.92 Å². The van der Waals surface area contributed by atoms with Crippen molar-refractivity contribution in [3.8, 4) is 0 Å². The summed E-state index contributed by atoms with van der Waals surface area (Å²) in [5.74, 6) is 0.179. The van der Waals surface area contributed by atoms with E-state index in [0.29, 0.717) is 31.7 Å². The van der Waals surface area contributed by atoms with Crippen LogP contribution in [-0.4, -0.2) is 78.3 Å². The van der Waals surface area contributed by atoms with E-state index in [-0.39, 0.29) is 30.4 Å². The summed E-state index contributed by atoms with van der Waals surface area (Å²) in [6.45, 7) is 11.5. The van der Waals surface area contributed by atoms with Gasteiger partial charge in [-0.2, -0.15) is 5.10 Å². The van der Waals surface area contributed by atoms with E-state index in [1.807, 2.05) is 50.7 Å². The molecule has 2 saturated heterocycles. The number of aromatic nitrogens is 2. The fourth-order valence-electron chi connectivity index (χ4n) is 5.05. The van der Waals surface area contributed by atoms with Gasteiger partial charge in [0.05, 0.1) is 11.2 Å². The van der Waals surface area contributed by atoms with Gasteiger partial charge in [-0.3, -0.25) is 9.48 Å². The molecular weight excluding hydrogens is 494 g/mol. The van der Waals surface area contributed by atoms with Crippen LogP contribution in [0.2, 0.25) is 0 Å². The van der Waals surface area contributed by atoms with E-state index < -0.39 is 15.6 Å². The second-order valence-electron chi connectivity index (χ2n) is 10.9. The molecule has 0 spiro atoms. The Kier molecular flexibility index (Phi) is 7.66. The lowest BCUT2D eigenvalue weighted by molar-refractivity contribution is 0.0204. The lowest BCUT2D eigenvalue weighted by Gasteiger charge is -2.33. The monoisotopic (exact) mass is 531 g/mol. The van der Waals surface area contributed by atoms with E-state index >= 15 is 0 Å². The topological polar surface area (TPSA) is 114 Å². The third-order valence-electron chi connectivity index (χ3n) is 7.02. The summed E-state index contributed by atoms with van der Waals surface area (Å²) in [4.78, 5) is 29.3. The highest BCUT2D eigenvalue weighted by Gasteiger charge is 2.31. The van der Waals surface area contributed by atoms with Crippen LogP contribution in [0.15, 0.2) is 30.2 Å². The largest absolute Gasteiger partial charge is 0.444 e. The molecule has 2 aliphatic rings. The van der Waals surface area contributed by atoms with Crippen molar-refractivity contribution in [3.05, 3.63) is 41.4 Å². The van der Waals surface area contributed by atoms with Crippen LogP contribution in [0.4, 0.5) is 4.79 Å². The van der Waals surface area contributed by atoms with Gasteiger partial charge in [-0.05, 0) is 64.2 Å². The van der Waals surface area contributed by atoms with E-state index in [1.165, 1.54) is 0 Å². The second-order valence-corrected chi connectivity index (χ2v) is 12.7. The average molecular weight is 532 g/mol. The Bertz CT molecular complexity index is 1290. The minimum Gasteiger partial charge on any atom is -0.444 e. The number of sulfonamides is 1. The van der Waals surface area contributed by atoms with Gasteiger partial charge in [0, 0.05) is 62.0 Å². The van der Waals surface area contributed by atoms with E-state index in [9.17, 15) is 18.0 Å². The molecule has 202 valence electrons. The zero-order valence-corrected chi connectivity index (χ0v) is 22.9. The van der Waals surface area contributed by atoms with Gasteiger partial charge >= 0.3 is 6.09 Å². The van der Waals surface area contributed by atoms with E-state index in [4.69, 9.17) is 9.84 Å². The Labute approximate surface area is 218 Å². The Morgan fingerprint density at radius 1 is 1.16 bits per heavy atom. The molecule has 2 amide bonds. The van der Waals surface area contributed by atoms with Crippen molar-refractivity contribution in [1.29, 1.82) is 0 Å². The molecule has 3 heterocycles. The van der Waals surface area contributed by atoms with Crippen LogP contribution in [0.25, 0.3) is 10.9 Å². The van der Waals surface area contributed by atoms with Crippen molar-refractivity contribution >= 4 is 32.9 Å². The highest BCUT2D eigenvalue weighted by atomic mass is 32.2. The molecule has 2 aliphatic heterocycles. The van der Waals surface area contributed by atoms with Crippen LogP contribution in [0.1, 0.15) is 62.0 Å². The zero-order valence-electron chi connectivity index (χ0n) is 22.1. The van der Waals surface area contributed by atoms with Crippen molar-refractivity contribution in [2.45, 2.75) is 51.6 Å². The molecule has 0 unspecified atom stereocenters. The smallest absolute Gasteiger partial charge is 0.410 e. The summed E-state index contributed by atoms with van der Waals surface area (Å²) in [7, 11) is -1.58. The Morgan fingerprint density at radius 2 is 1.84 bits per heavy atom. The third-order valence-corrected chi connectivity index (χ3v) is 8.03. The van der Waals surface area contributed by atoms with Gasteiger partial charge in [-0.25, -0.2) is 17.9 Å². The highest BCUT2D eigenvalue weighted by Crippen LogP contribution is 2.33. The summed E-state index contributed by atoms with van der Waals surface area (Å²) >= 11 is 0. The van der Waals surface area contributed by atoms with Crippen LogP contribution in [-0.2, 0) is 21.8 Å². The number of carbonyl (C=O) groups excluding carboxylic acids is 2. The molecule has 0 aliphatic carbocycles. The molecule has 4 rings (SSSR count). The predicted molar refractivity (Wildman–Crippen MR) is 142 cm³/mol. The van der Waals surface area contributed by atoms with E-state index in [1.54, 1.807) is 9.80 Å². The molecule has 1 aromatic heterocycles. The first-order chi connectivity index (χ1) is 17.4. The number of hydrogen-bond acceptors (Lipinski definition) is 6. The Balaban J connectivity index is 1.44. The molecule has 1 aromatic carbocycles. The minimum atomic E-state index is -3.48. The quantitative estimate of drug-likeness (QED) is 0.612. The first kappa shape index (κ1) is 27.1. The molecule has 1 atom stereocenters. The number of amides is 2. The van der Waals surface area contributed by atoms with Gasteiger partial charge in [0.1, 0.15) is 5.60 Å². The zero-order chi connectivity index (χ0) is 27.0. The maximum absolute atomic E-state index is 13.3. The molecular formula is C26H37N5O5S. The predicted octanol–water partition coefficient (Wildman–Crippen LogP) is 3.21. The summed E-state index contributed by atoms with van der Waals surface area (Å²) in [5.41, 5.74) is 1.98. The third kappa shape index (κ3) is 6.32. The first-order valence-corrected chi connectivity index (χ1v) is 14.3. The Morgan fingerprint density at radius 3 is 2.49 bits per heavy atom. The van der Waals surface area contributed by atoms with Crippen molar-refractivity contribution in [2.24, 2.45) is 13.0 Å². The van der Waals surface area contributed by atoms with Crippen LogP contribution >= 0.6 is 0 Å². The number of ether oxygens (including phenoxy) is 1. The molecule has 0 bridgehead atoms. The first-order valence-electron chi connectivity index (χ1n) is 12.7. The number of nitrogens with one attached hydrogen (secondary N) is 1. The maximum Gasteiger partial charge on any atom is 0.410 e. The second kappa shape index (κ2) is 10.4. The molecule has 37 heavy (non-hydrogen) atoms. The van der Waals surface area contributed by atoms with E-state index in [2.05, 4.69) is 11.3 Å². The number of aryl methyl sites for hydroxylation is 1. The number of nitrogens with zero attached hydrogens (tertiary/aromatic N) is 4. The van der Waals surface area contributed by atoms with Crippen LogP contribution in [0.3, 0.4) is 0 Å². The summed E-state index contributed by atoms with van der Waals surface area (Å²) in [6.07, 6.45) is 2.00. The molecule has 0 saturated carbocycles. The summed E-state index contributed by atoms with van der Waals surface area (Å²) in [5, 5.41) is 6.64. The Hall–Kier alpha value is -2.92. The number of fused-ring (bicyclic) bond motifs is 1. The average Bonchev–Trinajstić information content (AvgIpc) is 3.46.